The van der Waals surface area contributed by atoms with Crippen LogP contribution in [0.25, 0.3) is 0 Å². The fourth-order valence-electron chi connectivity index (χ4n) is 1.43. The first-order valence-corrected chi connectivity index (χ1v) is 5.21. The first kappa shape index (κ1) is 11.2. The van der Waals surface area contributed by atoms with Crippen molar-refractivity contribution in [3.63, 3.8) is 0 Å². The zero-order chi connectivity index (χ0) is 12.3. The van der Waals surface area contributed by atoms with E-state index >= 15 is 0 Å². The largest absolute Gasteiger partial charge is 0.290 e. The van der Waals surface area contributed by atoms with Crippen LogP contribution in [0.15, 0.2) is 30.3 Å². The fourth-order valence-corrected chi connectivity index (χ4v) is 1.43. The van der Waals surface area contributed by atoms with E-state index in [1.165, 1.54) is 0 Å². The zero-order valence-corrected chi connectivity index (χ0v) is 9.64. The predicted octanol–water partition coefficient (Wildman–Crippen LogP) is 1.74. The van der Waals surface area contributed by atoms with Crippen molar-refractivity contribution in [3.05, 3.63) is 47.5 Å². The molecule has 1 heterocycles. The molecule has 1 amide bonds. The molecule has 0 fully saturated rings. The van der Waals surface area contributed by atoms with Gasteiger partial charge in [-0.15, -0.1) is 0 Å². The Kier molecular flexibility index (Phi) is 3.09. The third kappa shape index (κ3) is 2.84. The Bertz CT molecular complexity index is 519. The number of rotatable bonds is 2. The quantitative estimate of drug-likeness (QED) is 0.850. The average Bonchev–Trinajstić information content (AvgIpc) is 2.28. The standard InChI is InChI=1S/C12H12N4O/c1-8-13-9(2)15-12(14-8)16-11(17)10-6-4-3-5-7-10/h3-7H,1-2H3,(H,13,14,15,16,17). The van der Waals surface area contributed by atoms with Gasteiger partial charge in [0.15, 0.2) is 0 Å². The van der Waals surface area contributed by atoms with E-state index < -0.39 is 0 Å². The molecule has 2 aromatic rings. The van der Waals surface area contributed by atoms with Crippen molar-refractivity contribution in [1.29, 1.82) is 0 Å². The molecule has 0 saturated heterocycles. The monoisotopic (exact) mass is 228 g/mol. The average molecular weight is 228 g/mol. The van der Waals surface area contributed by atoms with E-state index in [9.17, 15) is 4.79 Å². The van der Waals surface area contributed by atoms with Crippen molar-refractivity contribution in [3.8, 4) is 0 Å². The summed E-state index contributed by atoms with van der Waals surface area (Å²) in [6.45, 7) is 3.51. The number of aromatic nitrogens is 3. The Balaban J connectivity index is 2.19. The van der Waals surface area contributed by atoms with E-state index in [0.717, 1.165) is 0 Å². The summed E-state index contributed by atoms with van der Waals surface area (Å²) in [5, 5.41) is 2.64. The smallest absolute Gasteiger partial charge is 0.258 e. The minimum Gasteiger partial charge on any atom is -0.290 e. The lowest BCUT2D eigenvalue weighted by Gasteiger charge is -2.04. The molecule has 0 spiro atoms. The predicted molar refractivity (Wildman–Crippen MR) is 63.7 cm³/mol. The Morgan fingerprint density at radius 3 is 2.18 bits per heavy atom. The summed E-state index contributed by atoms with van der Waals surface area (Å²) in [4.78, 5) is 24.0. The molecule has 1 aromatic heterocycles. The zero-order valence-electron chi connectivity index (χ0n) is 9.64. The fraction of sp³-hybridized carbons (Fsp3) is 0.167. The molecular formula is C12H12N4O. The molecule has 0 radical (unpaired) electrons. The highest BCUT2D eigenvalue weighted by molar-refractivity contribution is 6.03. The molecule has 0 aliphatic rings. The summed E-state index contributed by atoms with van der Waals surface area (Å²) >= 11 is 0. The third-order valence-electron chi connectivity index (χ3n) is 2.12. The molecule has 86 valence electrons. The van der Waals surface area contributed by atoms with Gasteiger partial charge in [0, 0.05) is 5.56 Å². The van der Waals surface area contributed by atoms with Gasteiger partial charge >= 0.3 is 0 Å². The van der Waals surface area contributed by atoms with Crippen molar-refractivity contribution in [1.82, 2.24) is 15.0 Å². The van der Waals surface area contributed by atoms with Gasteiger partial charge in [-0.3, -0.25) is 10.1 Å². The lowest BCUT2D eigenvalue weighted by Crippen LogP contribution is -2.15. The second kappa shape index (κ2) is 4.69. The highest BCUT2D eigenvalue weighted by atomic mass is 16.1. The normalized spacial score (nSPS) is 10.0. The molecule has 5 heteroatoms. The molecule has 5 nitrogen and oxygen atoms in total. The molecule has 1 N–H and O–H groups in total. The highest BCUT2D eigenvalue weighted by Gasteiger charge is 2.07. The SMILES string of the molecule is Cc1nc(C)nc(NC(=O)c2ccccc2)n1. The molecule has 17 heavy (non-hydrogen) atoms. The van der Waals surface area contributed by atoms with Crippen LogP contribution >= 0.6 is 0 Å². The number of aryl methyl sites for hydroxylation is 2. The van der Waals surface area contributed by atoms with Crippen molar-refractivity contribution in [2.45, 2.75) is 13.8 Å². The van der Waals surface area contributed by atoms with Crippen LogP contribution in [0.3, 0.4) is 0 Å². The molecule has 0 aliphatic carbocycles. The molecule has 0 bridgehead atoms. The second-order valence-corrected chi connectivity index (χ2v) is 3.57. The molecular weight excluding hydrogens is 216 g/mol. The van der Waals surface area contributed by atoms with Gasteiger partial charge in [-0.05, 0) is 26.0 Å². The minimum absolute atomic E-state index is 0.226. The van der Waals surface area contributed by atoms with Crippen molar-refractivity contribution >= 4 is 11.9 Å². The van der Waals surface area contributed by atoms with Crippen LogP contribution in [0.4, 0.5) is 5.95 Å². The van der Waals surface area contributed by atoms with Crippen LogP contribution in [-0.2, 0) is 0 Å². The van der Waals surface area contributed by atoms with Crippen molar-refractivity contribution < 1.29 is 4.79 Å². The second-order valence-electron chi connectivity index (χ2n) is 3.57. The van der Waals surface area contributed by atoms with E-state index in [1.807, 2.05) is 6.07 Å². The molecule has 0 aliphatic heterocycles. The van der Waals surface area contributed by atoms with Gasteiger partial charge in [0.1, 0.15) is 11.6 Å². The number of hydrogen-bond acceptors (Lipinski definition) is 4. The lowest BCUT2D eigenvalue weighted by atomic mass is 10.2. The van der Waals surface area contributed by atoms with Crippen LogP contribution < -0.4 is 5.32 Å². The Labute approximate surface area is 99.0 Å². The highest BCUT2D eigenvalue weighted by Crippen LogP contribution is 2.04. The van der Waals surface area contributed by atoms with Gasteiger partial charge in [0.05, 0.1) is 0 Å². The molecule has 0 atom stereocenters. The maximum Gasteiger partial charge on any atom is 0.258 e. The summed E-state index contributed by atoms with van der Waals surface area (Å²) in [6.07, 6.45) is 0. The Morgan fingerprint density at radius 2 is 1.59 bits per heavy atom. The molecule has 0 unspecified atom stereocenters. The number of anilines is 1. The number of carbonyl (C=O) groups is 1. The van der Waals surface area contributed by atoms with E-state index in [2.05, 4.69) is 20.3 Å². The van der Waals surface area contributed by atoms with E-state index in [4.69, 9.17) is 0 Å². The van der Waals surface area contributed by atoms with Gasteiger partial charge < -0.3 is 0 Å². The van der Waals surface area contributed by atoms with Crippen LogP contribution in [0.1, 0.15) is 22.0 Å². The maximum absolute atomic E-state index is 11.8. The number of amides is 1. The summed E-state index contributed by atoms with van der Waals surface area (Å²) in [6, 6.07) is 8.93. The van der Waals surface area contributed by atoms with Crippen molar-refractivity contribution in [2.75, 3.05) is 5.32 Å². The number of nitrogens with one attached hydrogen (secondary N) is 1. The van der Waals surface area contributed by atoms with Crippen LogP contribution in [0.5, 0.6) is 0 Å². The minimum atomic E-state index is -0.226. The topological polar surface area (TPSA) is 67.8 Å². The third-order valence-corrected chi connectivity index (χ3v) is 2.12. The molecule has 1 aromatic carbocycles. The summed E-state index contributed by atoms with van der Waals surface area (Å²) in [5.74, 6) is 1.22. The van der Waals surface area contributed by atoms with Gasteiger partial charge in [0.25, 0.3) is 5.91 Å². The van der Waals surface area contributed by atoms with Gasteiger partial charge in [-0.25, -0.2) is 4.98 Å². The Hall–Kier alpha value is -2.30. The first-order chi connectivity index (χ1) is 8.15. The number of benzene rings is 1. The number of hydrogen-bond donors (Lipinski definition) is 1. The van der Waals surface area contributed by atoms with Crippen molar-refractivity contribution in [2.24, 2.45) is 0 Å². The molecule has 0 saturated carbocycles. The van der Waals surface area contributed by atoms with Crippen LogP contribution in [0, 0.1) is 13.8 Å². The maximum atomic E-state index is 11.8. The molecule has 2 rings (SSSR count). The van der Waals surface area contributed by atoms with Crippen LogP contribution in [-0.4, -0.2) is 20.9 Å². The summed E-state index contributed by atoms with van der Waals surface area (Å²) < 4.78 is 0. The van der Waals surface area contributed by atoms with Crippen LogP contribution in [0.2, 0.25) is 0 Å². The van der Waals surface area contributed by atoms with E-state index in [1.54, 1.807) is 38.1 Å². The van der Waals surface area contributed by atoms with E-state index in [0.29, 0.717) is 17.2 Å². The first-order valence-electron chi connectivity index (χ1n) is 5.21. The Morgan fingerprint density at radius 1 is 1.00 bits per heavy atom. The number of nitrogens with zero attached hydrogens (tertiary/aromatic N) is 3. The lowest BCUT2D eigenvalue weighted by molar-refractivity contribution is 0.102. The number of carbonyl (C=O) groups excluding carboxylic acids is 1. The summed E-state index contributed by atoms with van der Waals surface area (Å²) in [7, 11) is 0. The summed E-state index contributed by atoms with van der Waals surface area (Å²) in [5.41, 5.74) is 0.572. The van der Waals surface area contributed by atoms with E-state index in [-0.39, 0.29) is 11.9 Å². The van der Waals surface area contributed by atoms with Gasteiger partial charge in [-0.2, -0.15) is 9.97 Å². The van der Waals surface area contributed by atoms with Gasteiger partial charge in [-0.1, -0.05) is 18.2 Å². The van der Waals surface area contributed by atoms with Gasteiger partial charge in [0.2, 0.25) is 5.95 Å².